The number of hydrogen-bond donors (Lipinski definition) is 2. The molecule has 0 saturated carbocycles. The topological polar surface area (TPSA) is 79.8 Å². The summed E-state index contributed by atoms with van der Waals surface area (Å²) >= 11 is 0. The zero-order valence-electron chi connectivity index (χ0n) is 7.84. The number of morpholine rings is 1. The molecule has 0 spiro atoms. The van der Waals surface area contributed by atoms with Crippen LogP contribution in [0, 0.1) is 5.21 Å². The minimum Gasteiger partial charge on any atom is -0.634 e. The van der Waals surface area contributed by atoms with Gasteiger partial charge in [0.15, 0.2) is 5.60 Å². The Hall–Kier alpha value is -0.650. The number of amides is 1. The lowest BCUT2D eigenvalue weighted by molar-refractivity contribution is -0.864. The molecule has 1 rings (SSSR count). The van der Waals surface area contributed by atoms with Crippen LogP contribution >= 0.6 is 0 Å². The van der Waals surface area contributed by atoms with E-state index in [0.717, 1.165) is 6.42 Å². The fourth-order valence-electron chi connectivity index (χ4n) is 1.66. The van der Waals surface area contributed by atoms with Crippen molar-refractivity contribution in [3.05, 3.63) is 5.21 Å². The normalized spacial score (nSPS) is 34.5. The third kappa shape index (κ3) is 2.18. The molecular formula is C8H16N2O3. The van der Waals surface area contributed by atoms with Crippen LogP contribution in [-0.4, -0.2) is 31.2 Å². The number of hydroxylamine groups is 2. The SMILES string of the molecule is CCCC1(C(N)=O)C[NH+]([O-])CCO1. The highest BCUT2D eigenvalue weighted by atomic mass is 16.5. The Bertz CT molecular complexity index is 194. The lowest BCUT2D eigenvalue weighted by Gasteiger charge is -2.39. The largest absolute Gasteiger partial charge is 0.634 e. The number of nitrogens with two attached hydrogens (primary N) is 1. The second-order valence-electron chi connectivity index (χ2n) is 3.42. The molecule has 5 nitrogen and oxygen atoms in total. The van der Waals surface area contributed by atoms with E-state index in [1.165, 1.54) is 0 Å². The number of carbonyl (C=O) groups is 1. The number of ether oxygens (including phenoxy) is 1. The molecule has 0 aromatic carbocycles. The van der Waals surface area contributed by atoms with Gasteiger partial charge in [0.1, 0.15) is 13.1 Å². The summed E-state index contributed by atoms with van der Waals surface area (Å²) in [6.07, 6.45) is 1.32. The van der Waals surface area contributed by atoms with Gasteiger partial charge in [0.05, 0.1) is 6.61 Å². The average molecular weight is 188 g/mol. The summed E-state index contributed by atoms with van der Waals surface area (Å²) in [5.74, 6) is -0.512. The maximum Gasteiger partial charge on any atom is 0.255 e. The molecule has 1 saturated heterocycles. The second-order valence-corrected chi connectivity index (χ2v) is 3.42. The van der Waals surface area contributed by atoms with E-state index in [4.69, 9.17) is 10.5 Å². The Morgan fingerprint density at radius 3 is 2.92 bits per heavy atom. The Balaban J connectivity index is 2.70. The van der Waals surface area contributed by atoms with Crippen molar-refractivity contribution in [2.45, 2.75) is 25.4 Å². The summed E-state index contributed by atoms with van der Waals surface area (Å²) in [6.45, 7) is 2.81. The van der Waals surface area contributed by atoms with E-state index in [2.05, 4.69) is 0 Å². The number of nitrogens with one attached hydrogen (secondary N) is 1. The molecule has 0 radical (unpaired) electrons. The molecule has 2 atom stereocenters. The molecule has 1 aliphatic heterocycles. The van der Waals surface area contributed by atoms with Gasteiger partial charge in [-0.25, -0.2) is 0 Å². The summed E-state index contributed by atoms with van der Waals surface area (Å²) in [6, 6.07) is 0. The molecule has 1 heterocycles. The fourth-order valence-corrected chi connectivity index (χ4v) is 1.66. The van der Waals surface area contributed by atoms with Crippen LogP contribution in [0.15, 0.2) is 0 Å². The van der Waals surface area contributed by atoms with Crippen molar-refractivity contribution in [3.8, 4) is 0 Å². The highest BCUT2D eigenvalue weighted by molar-refractivity contribution is 5.83. The predicted molar refractivity (Wildman–Crippen MR) is 46.8 cm³/mol. The summed E-state index contributed by atoms with van der Waals surface area (Å²) in [5, 5.41) is 11.2. The van der Waals surface area contributed by atoms with Crippen molar-refractivity contribution in [2.24, 2.45) is 5.73 Å². The lowest BCUT2D eigenvalue weighted by Crippen LogP contribution is -3.12. The highest BCUT2D eigenvalue weighted by Crippen LogP contribution is 2.17. The van der Waals surface area contributed by atoms with Crippen molar-refractivity contribution in [1.29, 1.82) is 0 Å². The van der Waals surface area contributed by atoms with Crippen molar-refractivity contribution in [1.82, 2.24) is 0 Å². The molecule has 1 aliphatic rings. The molecular weight excluding hydrogens is 172 g/mol. The summed E-state index contributed by atoms with van der Waals surface area (Å²) < 4.78 is 5.34. The van der Waals surface area contributed by atoms with Gasteiger partial charge < -0.3 is 20.7 Å². The number of hydrogen-bond acceptors (Lipinski definition) is 3. The van der Waals surface area contributed by atoms with E-state index in [0.29, 0.717) is 19.6 Å². The Morgan fingerprint density at radius 1 is 1.77 bits per heavy atom. The standard InChI is InChI=1S/C8H16N2O3/c1-2-3-8(7(9)11)6-10(12)4-5-13-8/h10H,2-6H2,1H3,(H2,9,11). The average Bonchev–Trinajstić information content (AvgIpc) is 2.04. The number of rotatable bonds is 3. The second kappa shape index (κ2) is 4.04. The first-order chi connectivity index (χ1) is 6.10. The first-order valence-electron chi connectivity index (χ1n) is 4.56. The van der Waals surface area contributed by atoms with E-state index >= 15 is 0 Å². The highest BCUT2D eigenvalue weighted by Gasteiger charge is 2.42. The van der Waals surface area contributed by atoms with Crippen LogP contribution in [0.1, 0.15) is 19.8 Å². The fraction of sp³-hybridized carbons (Fsp3) is 0.875. The van der Waals surface area contributed by atoms with E-state index in [-0.39, 0.29) is 11.6 Å². The van der Waals surface area contributed by atoms with Gasteiger partial charge in [-0.3, -0.25) is 4.79 Å². The molecule has 0 bridgehead atoms. The first kappa shape index (κ1) is 10.4. The Morgan fingerprint density at radius 2 is 2.46 bits per heavy atom. The molecule has 76 valence electrons. The van der Waals surface area contributed by atoms with Crippen LogP contribution in [-0.2, 0) is 9.53 Å². The first-order valence-corrected chi connectivity index (χ1v) is 4.56. The quantitative estimate of drug-likeness (QED) is 0.525. The molecule has 0 aromatic heterocycles. The van der Waals surface area contributed by atoms with Crippen LogP contribution in [0.25, 0.3) is 0 Å². The van der Waals surface area contributed by atoms with Crippen molar-refractivity contribution < 1.29 is 14.6 Å². The van der Waals surface area contributed by atoms with Crippen LogP contribution in [0.3, 0.4) is 0 Å². The van der Waals surface area contributed by atoms with Gasteiger partial charge in [0.25, 0.3) is 5.91 Å². The predicted octanol–water partition coefficient (Wildman–Crippen LogP) is -1.58. The van der Waals surface area contributed by atoms with E-state index in [1.807, 2.05) is 6.92 Å². The minimum atomic E-state index is -1.01. The van der Waals surface area contributed by atoms with Gasteiger partial charge in [-0.15, -0.1) is 0 Å². The van der Waals surface area contributed by atoms with Crippen LogP contribution < -0.4 is 10.8 Å². The molecule has 13 heavy (non-hydrogen) atoms. The lowest BCUT2D eigenvalue weighted by atomic mass is 9.95. The van der Waals surface area contributed by atoms with Gasteiger partial charge in [-0.1, -0.05) is 13.3 Å². The summed E-state index contributed by atoms with van der Waals surface area (Å²) in [5.41, 5.74) is 4.22. The van der Waals surface area contributed by atoms with Crippen LogP contribution in [0.5, 0.6) is 0 Å². The van der Waals surface area contributed by atoms with Crippen LogP contribution in [0.2, 0.25) is 0 Å². The molecule has 1 fully saturated rings. The number of carbonyl (C=O) groups excluding carboxylic acids is 1. The maximum atomic E-state index is 11.2. The Labute approximate surface area is 77.4 Å². The molecule has 1 amide bonds. The molecule has 0 aromatic rings. The van der Waals surface area contributed by atoms with Gasteiger partial charge >= 0.3 is 0 Å². The zero-order chi connectivity index (χ0) is 9.90. The third-order valence-electron chi connectivity index (χ3n) is 2.34. The van der Waals surface area contributed by atoms with Crippen molar-refractivity contribution in [2.75, 3.05) is 19.7 Å². The minimum absolute atomic E-state index is 0.0681. The maximum absolute atomic E-state index is 11.2. The zero-order valence-corrected chi connectivity index (χ0v) is 7.84. The summed E-state index contributed by atoms with van der Waals surface area (Å²) in [7, 11) is 0. The molecule has 2 unspecified atom stereocenters. The third-order valence-corrected chi connectivity index (χ3v) is 2.34. The van der Waals surface area contributed by atoms with E-state index in [1.54, 1.807) is 0 Å². The molecule has 0 aliphatic carbocycles. The van der Waals surface area contributed by atoms with Gasteiger partial charge in [0, 0.05) is 0 Å². The molecule has 3 N–H and O–H groups in total. The molecule has 5 heteroatoms. The van der Waals surface area contributed by atoms with Crippen molar-refractivity contribution in [3.63, 3.8) is 0 Å². The van der Waals surface area contributed by atoms with E-state index in [9.17, 15) is 10.0 Å². The van der Waals surface area contributed by atoms with Gasteiger partial charge in [0.2, 0.25) is 0 Å². The summed E-state index contributed by atoms with van der Waals surface area (Å²) in [4.78, 5) is 11.2. The smallest absolute Gasteiger partial charge is 0.255 e. The van der Waals surface area contributed by atoms with Crippen LogP contribution in [0.4, 0.5) is 0 Å². The van der Waals surface area contributed by atoms with Gasteiger partial charge in [-0.2, -0.15) is 0 Å². The number of quaternary nitrogens is 1. The number of primary amides is 1. The Kier molecular flexibility index (Phi) is 3.24. The van der Waals surface area contributed by atoms with E-state index < -0.39 is 11.5 Å². The van der Waals surface area contributed by atoms with Gasteiger partial charge in [-0.05, 0) is 6.42 Å². The monoisotopic (exact) mass is 188 g/mol. The van der Waals surface area contributed by atoms with Crippen molar-refractivity contribution >= 4 is 5.91 Å².